The fourth-order valence-corrected chi connectivity index (χ4v) is 3.77. The second-order valence-electron chi connectivity index (χ2n) is 6.35. The Morgan fingerprint density at radius 3 is 2.68 bits per heavy atom. The molecule has 0 unspecified atom stereocenters. The first-order valence-corrected chi connectivity index (χ1v) is 10.1. The fourth-order valence-electron chi connectivity index (χ4n) is 2.94. The van der Waals surface area contributed by atoms with Gasteiger partial charge in [0.2, 0.25) is 0 Å². The number of benzene rings is 1. The van der Waals surface area contributed by atoms with Crippen molar-refractivity contribution in [1.29, 1.82) is 0 Å². The van der Waals surface area contributed by atoms with E-state index in [9.17, 15) is 4.79 Å². The van der Waals surface area contributed by atoms with Crippen molar-refractivity contribution in [2.75, 3.05) is 5.32 Å². The molecule has 3 aromatic heterocycles. The lowest BCUT2D eigenvalue weighted by molar-refractivity contribution is 0.102. The smallest absolute Gasteiger partial charge is 0.277 e. The highest BCUT2D eigenvalue weighted by Gasteiger charge is 2.18. The number of carbonyl (C=O) groups is 1. The van der Waals surface area contributed by atoms with E-state index in [0.717, 1.165) is 21.4 Å². The van der Waals surface area contributed by atoms with Crippen molar-refractivity contribution in [3.63, 3.8) is 0 Å². The first-order valence-electron chi connectivity index (χ1n) is 8.52. The van der Waals surface area contributed by atoms with Gasteiger partial charge in [-0.2, -0.15) is 10.2 Å². The van der Waals surface area contributed by atoms with E-state index in [1.807, 2.05) is 42.8 Å². The summed E-state index contributed by atoms with van der Waals surface area (Å²) in [5, 5.41) is 11.7. The number of hydrogen-bond donors (Lipinski definition) is 1. The lowest BCUT2D eigenvalue weighted by Gasteiger charge is -2.08. The molecule has 0 atom stereocenters. The van der Waals surface area contributed by atoms with Gasteiger partial charge in [-0.1, -0.05) is 12.1 Å². The monoisotopic (exact) mass is 502 g/mol. The number of aryl methyl sites for hydroxylation is 1. The van der Waals surface area contributed by atoms with Crippen molar-refractivity contribution in [1.82, 2.24) is 24.4 Å². The van der Waals surface area contributed by atoms with Gasteiger partial charge in [-0.25, -0.2) is 9.50 Å². The largest absolute Gasteiger partial charge is 0.321 e. The van der Waals surface area contributed by atoms with Crippen LogP contribution < -0.4 is 5.32 Å². The molecule has 1 amide bonds. The minimum atomic E-state index is -0.302. The van der Waals surface area contributed by atoms with Crippen LogP contribution in [0.25, 0.3) is 5.65 Å². The van der Waals surface area contributed by atoms with Gasteiger partial charge >= 0.3 is 0 Å². The van der Waals surface area contributed by atoms with Crippen molar-refractivity contribution in [2.24, 2.45) is 0 Å². The zero-order chi connectivity index (χ0) is 19.8. The van der Waals surface area contributed by atoms with Gasteiger partial charge < -0.3 is 5.32 Å². The molecule has 4 rings (SSSR count). The summed E-state index contributed by atoms with van der Waals surface area (Å²) >= 11 is 6.97. The summed E-state index contributed by atoms with van der Waals surface area (Å²) in [5.41, 5.74) is 4.62. The Labute approximate surface area is 178 Å². The van der Waals surface area contributed by atoms with E-state index in [2.05, 4.69) is 52.4 Å². The molecule has 1 N–H and O–H groups in total. The quantitative estimate of drug-likeness (QED) is 0.448. The molecule has 3 heterocycles. The van der Waals surface area contributed by atoms with Crippen molar-refractivity contribution in [3.8, 4) is 0 Å². The number of anilines is 1. The SMILES string of the molecule is Cc1nn(Cc2cccc(NC(=O)c3nn4cccnc4c3Br)c2)c(C)c1Br. The number of amides is 1. The topological polar surface area (TPSA) is 77.1 Å². The van der Waals surface area contributed by atoms with Gasteiger partial charge in [0.25, 0.3) is 5.91 Å². The normalized spacial score (nSPS) is 11.1. The van der Waals surface area contributed by atoms with Crippen LogP contribution in [-0.4, -0.2) is 30.3 Å². The van der Waals surface area contributed by atoms with Gasteiger partial charge in [0.05, 0.1) is 26.9 Å². The predicted octanol–water partition coefficient (Wildman–Crippen LogP) is 4.37. The number of nitrogens with zero attached hydrogens (tertiary/aromatic N) is 5. The number of halogens is 2. The molecule has 0 bridgehead atoms. The molecule has 0 saturated heterocycles. The molecule has 0 saturated carbocycles. The van der Waals surface area contributed by atoms with Crippen LogP contribution in [0.5, 0.6) is 0 Å². The Morgan fingerprint density at radius 2 is 1.96 bits per heavy atom. The van der Waals surface area contributed by atoms with Crippen LogP contribution in [0.3, 0.4) is 0 Å². The van der Waals surface area contributed by atoms with Crippen molar-refractivity contribution in [3.05, 3.63) is 74.3 Å². The molecular formula is C19H16Br2N6O. The average Bonchev–Trinajstić information content (AvgIpc) is 3.14. The molecule has 0 fully saturated rings. The molecule has 0 aliphatic carbocycles. The molecule has 9 heteroatoms. The van der Waals surface area contributed by atoms with E-state index in [1.165, 1.54) is 0 Å². The van der Waals surface area contributed by atoms with Crippen molar-refractivity contribution in [2.45, 2.75) is 20.4 Å². The van der Waals surface area contributed by atoms with Gasteiger partial charge in [-0.05, 0) is 69.5 Å². The maximum absolute atomic E-state index is 12.7. The predicted molar refractivity (Wildman–Crippen MR) is 114 cm³/mol. The van der Waals surface area contributed by atoms with Crippen molar-refractivity contribution >= 4 is 49.1 Å². The third-order valence-corrected chi connectivity index (χ3v) is 6.24. The van der Waals surface area contributed by atoms with Crippen LogP contribution in [-0.2, 0) is 6.54 Å². The van der Waals surface area contributed by atoms with Gasteiger partial charge in [-0.3, -0.25) is 9.48 Å². The third kappa shape index (κ3) is 3.47. The van der Waals surface area contributed by atoms with Gasteiger partial charge in [0, 0.05) is 18.1 Å². The van der Waals surface area contributed by atoms with Gasteiger partial charge in [0.15, 0.2) is 11.3 Å². The molecule has 4 aromatic rings. The lowest BCUT2D eigenvalue weighted by Crippen LogP contribution is -2.13. The number of fused-ring (bicyclic) bond motifs is 1. The summed E-state index contributed by atoms with van der Waals surface area (Å²) in [6, 6.07) is 9.45. The Kier molecular flexibility index (Phi) is 5.03. The van der Waals surface area contributed by atoms with Crippen LogP contribution in [0.15, 0.2) is 51.7 Å². The van der Waals surface area contributed by atoms with E-state index in [0.29, 0.717) is 22.4 Å². The molecule has 7 nitrogen and oxygen atoms in total. The Morgan fingerprint density at radius 1 is 1.14 bits per heavy atom. The van der Waals surface area contributed by atoms with E-state index in [-0.39, 0.29) is 11.6 Å². The lowest BCUT2D eigenvalue weighted by atomic mass is 10.2. The summed E-state index contributed by atoms with van der Waals surface area (Å²) in [4.78, 5) is 16.9. The van der Waals surface area contributed by atoms with E-state index in [4.69, 9.17) is 0 Å². The molecule has 0 spiro atoms. The Bertz CT molecular complexity index is 1200. The highest BCUT2D eigenvalue weighted by atomic mass is 79.9. The average molecular weight is 504 g/mol. The molecule has 0 aliphatic rings. The van der Waals surface area contributed by atoms with E-state index in [1.54, 1.807) is 23.0 Å². The first kappa shape index (κ1) is 18.8. The number of aromatic nitrogens is 5. The maximum Gasteiger partial charge on any atom is 0.277 e. The standard InChI is InChI=1S/C19H16Br2N6O/c1-11-15(20)12(2)27(24-11)10-13-5-3-6-14(9-13)23-19(28)17-16(21)18-22-7-4-8-26(18)25-17/h3-9H,10H2,1-2H3,(H,23,28). The second-order valence-corrected chi connectivity index (χ2v) is 7.93. The molecule has 1 aromatic carbocycles. The van der Waals surface area contributed by atoms with Gasteiger partial charge in [-0.15, -0.1) is 0 Å². The summed E-state index contributed by atoms with van der Waals surface area (Å²) in [6.07, 6.45) is 3.40. The number of hydrogen-bond acceptors (Lipinski definition) is 4. The number of rotatable bonds is 4. The molecule has 0 radical (unpaired) electrons. The number of carbonyl (C=O) groups excluding carboxylic acids is 1. The van der Waals surface area contributed by atoms with Crippen molar-refractivity contribution < 1.29 is 4.79 Å². The zero-order valence-electron chi connectivity index (χ0n) is 15.1. The Balaban J connectivity index is 1.56. The highest BCUT2D eigenvalue weighted by Crippen LogP contribution is 2.23. The molecule has 142 valence electrons. The van der Waals surface area contributed by atoms with E-state index < -0.39 is 0 Å². The Hall–Kier alpha value is -2.52. The fraction of sp³-hybridized carbons (Fsp3) is 0.158. The molecule has 0 aliphatic heterocycles. The van der Waals surface area contributed by atoms with Crippen LogP contribution >= 0.6 is 31.9 Å². The van der Waals surface area contributed by atoms with Gasteiger partial charge in [0.1, 0.15) is 0 Å². The first-order chi connectivity index (χ1) is 13.4. The summed E-state index contributed by atoms with van der Waals surface area (Å²) in [5.74, 6) is -0.302. The summed E-state index contributed by atoms with van der Waals surface area (Å²) < 4.78 is 5.08. The molecule has 28 heavy (non-hydrogen) atoms. The second kappa shape index (κ2) is 7.48. The summed E-state index contributed by atoms with van der Waals surface area (Å²) in [6.45, 7) is 4.60. The molecular weight excluding hydrogens is 488 g/mol. The van der Waals surface area contributed by atoms with Crippen LogP contribution in [0.4, 0.5) is 5.69 Å². The van der Waals surface area contributed by atoms with Crippen LogP contribution in [0.1, 0.15) is 27.4 Å². The zero-order valence-corrected chi connectivity index (χ0v) is 18.3. The maximum atomic E-state index is 12.7. The van der Waals surface area contributed by atoms with Crippen LogP contribution in [0, 0.1) is 13.8 Å². The van der Waals surface area contributed by atoms with E-state index >= 15 is 0 Å². The highest BCUT2D eigenvalue weighted by molar-refractivity contribution is 9.11. The summed E-state index contributed by atoms with van der Waals surface area (Å²) in [7, 11) is 0. The third-order valence-electron chi connectivity index (χ3n) is 4.36. The number of nitrogens with one attached hydrogen (secondary N) is 1. The van der Waals surface area contributed by atoms with Crippen LogP contribution in [0.2, 0.25) is 0 Å². The minimum absolute atomic E-state index is 0.284. The minimum Gasteiger partial charge on any atom is -0.321 e.